The zero-order valence-electron chi connectivity index (χ0n) is 15.8. The standard InChI is InChI=1S/C23H16N4O3/c24-6-1-7-27-17-5-3-12(29)9-14(17)19-20-15(10-25-23(20)30)18-13-8-11(28)2-4-16(13)26-21(18)22(19)27/h2-5,8-9,26,28-29H,1,7,10H2,(H,25,30). The van der Waals surface area contributed by atoms with Crippen molar-refractivity contribution in [3.63, 3.8) is 0 Å². The molecule has 0 fully saturated rings. The molecule has 1 amide bonds. The first-order valence-electron chi connectivity index (χ1n) is 9.68. The van der Waals surface area contributed by atoms with E-state index < -0.39 is 0 Å². The fraction of sp³-hybridized carbons (Fsp3) is 0.130. The maximum absolute atomic E-state index is 12.9. The third kappa shape index (κ3) is 2.00. The molecule has 146 valence electrons. The Kier molecular flexibility index (Phi) is 3.17. The number of nitrogens with zero attached hydrogens (tertiary/aromatic N) is 2. The Balaban J connectivity index is 1.94. The number of fused-ring (bicyclic) bond motifs is 10. The van der Waals surface area contributed by atoms with Crippen molar-refractivity contribution in [3.8, 4) is 17.6 Å². The van der Waals surface area contributed by atoms with E-state index in [1.54, 1.807) is 24.3 Å². The van der Waals surface area contributed by atoms with Gasteiger partial charge in [0.15, 0.2) is 0 Å². The fourth-order valence-electron chi connectivity index (χ4n) is 4.88. The van der Waals surface area contributed by atoms with Crippen LogP contribution in [0.25, 0.3) is 43.6 Å². The van der Waals surface area contributed by atoms with Gasteiger partial charge in [-0.3, -0.25) is 4.79 Å². The van der Waals surface area contributed by atoms with Crippen LogP contribution < -0.4 is 5.32 Å². The number of carbonyl (C=O) groups is 1. The molecule has 6 rings (SSSR count). The molecule has 0 saturated heterocycles. The van der Waals surface area contributed by atoms with Gasteiger partial charge < -0.3 is 25.1 Å². The van der Waals surface area contributed by atoms with Crippen molar-refractivity contribution in [2.75, 3.05) is 0 Å². The average molecular weight is 396 g/mol. The number of phenolic OH excluding ortho intramolecular Hbond substituents is 2. The number of aromatic amines is 1. The van der Waals surface area contributed by atoms with Crippen molar-refractivity contribution in [2.24, 2.45) is 0 Å². The molecule has 7 heteroatoms. The molecule has 30 heavy (non-hydrogen) atoms. The maximum atomic E-state index is 12.9. The number of aromatic hydroxyl groups is 2. The normalized spacial score (nSPS) is 13.4. The van der Waals surface area contributed by atoms with Crippen LogP contribution in [0.2, 0.25) is 0 Å². The minimum Gasteiger partial charge on any atom is -0.508 e. The van der Waals surface area contributed by atoms with Crippen LogP contribution in [0.5, 0.6) is 11.5 Å². The van der Waals surface area contributed by atoms with Crippen LogP contribution in [0, 0.1) is 11.3 Å². The first kappa shape index (κ1) is 16.7. The van der Waals surface area contributed by atoms with Crippen molar-refractivity contribution in [1.82, 2.24) is 14.9 Å². The van der Waals surface area contributed by atoms with Crippen molar-refractivity contribution >= 4 is 49.5 Å². The average Bonchev–Trinajstić information content (AvgIpc) is 3.38. The van der Waals surface area contributed by atoms with Gasteiger partial charge in [0.05, 0.1) is 29.1 Å². The van der Waals surface area contributed by atoms with Crippen molar-refractivity contribution in [3.05, 3.63) is 47.5 Å². The second-order valence-corrected chi connectivity index (χ2v) is 7.63. The lowest BCUT2D eigenvalue weighted by atomic mass is 9.97. The van der Waals surface area contributed by atoms with Gasteiger partial charge in [0.1, 0.15) is 11.5 Å². The largest absolute Gasteiger partial charge is 0.508 e. The van der Waals surface area contributed by atoms with Crippen molar-refractivity contribution in [1.29, 1.82) is 5.26 Å². The molecule has 0 radical (unpaired) electrons. The van der Waals surface area contributed by atoms with E-state index in [1.165, 1.54) is 0 Å². The summed E-state index contributed by atoms with van der Waals surface area (Å²) in [4.78, 5) is 16.4. The van der Waals surface area contributed by atoms with E-state index in [0.29, 0.717) is 25.1 Å². The second kappa shape index (κ2) is 5.67. The summed E-state index contributed by atoms with van der Waals surface area (Å²) in [5, 5.41) is 35.6. The summed E-state index contributed by atoms with van der Waals surface area (Å²) in [5.41, 5.74) is 4.86. The number of aromatic nitrogens is 2. The highest BCUT2D eigenvalue weighted by Gasteiger charge is 2.30. The van der Waals surface area contributed by atoms with Gasteiger partial charge >= 0.3 is 0 Å². The highest BCUT2D eigenvalue weighted by Crippen LogP contribution is 2.44. The van der Waals surface area contributed by atoms with Crippen LogP contribution in [-0.2, 0) is 13.1 Å². The zero-order valence-corrected chi connectivity index (χ0v) is 15.8. The molecule has 3 aromatic carbocycles. The van der Waals surface area contributed by atoms with Gasteiger partial charge in [0, 0.05) is 45.7 Å². The first-order chi connectivity index (χ1) is 14.6. The summed E-state index contributed by atoms with van der Waals surface area (Å²) in [6.45, 7) is 0.851. The lowest BCUT2D eigenvalue weighted by Crippen LogP contribution is -2.12. The van der Waals surface area contributed by atoms with Crippen LogP contribution in [-0.4, -0.2) is 25.7 Å². The molecule has 0 spiro atoms. The second-order valence-electron chi connectivity index (χ2n) is 7.63. The lowest BCUT2D eigenvalue weighted by molar-refractivity contribution is 0.0967. The zero-order chi connectivity index (χ0) is 20.6. The SMILES string of the molecule is N#CCCn1c2ccc(O)cc2c2c3c(c4c5cc(O)ccc5[nH]c4c21)CNC3=O. The number of carbonyl (C=O) groups excluding carboxylic acids is 1. The van der Waals surface area contributed by atoms with Crippen LogP contribution in [0.15, 0.2) is 36.4 Å². The van der Waals surface area contributed by atoms with Gasteiger partial charge in [-0.15, -0.1) is 0 Å². The molecule has 0 unspecified atom stereocenters. The molecule has 4 N–H and O–H groups in total. The summed E-state index contributed by atoms with van der Waals surface area (Å²) in [7, 11) is 0. The Labute approximate surface area is 169 Å². The molecule has 5 aromatic rings. The van der Waals surface area contributed by atoms with Gasteiger partial charge in [-0.2, -0.15) is 5.26 Å². The summed E-state index contributed by atoms with van der Waals surface area (Å²) in [6.07, 6.45) is 0.311. The highest BCUT2D eigenvalue weighted by atomic mass is 16.3. The fourth-order valence-corrected chi connectivity index (χ4v) is 4.88. The van der Waals surface area contributed by atoms with Crippen LogP contribution in [0.4, 0.5) is 0 Å². The van der Waals surface area contributed by atoms with Gasteiger partial charge in [0.25, 0.3) is 5.91 Å². The Bertz CT molecular complexity index is 1600. The Morgan fingerprint density at radius 1 is 1.07 bits per heavy atom. The van der Waals surface area contributed by atoms with E-state index in [0.717, 1.165) is 49.2 Å². The minimum atomic E-state index is -0.158. The molecule has 0 bridgehead atoms. The monoisotopic (exact) mass is 396 g/mol. The number of H-pyrrole nitrogens is 1. The summed E-state index contributed by atoms with van der Waals surface area (Å²) in [5.74, 6) is 0.120. The molecule has 1 aliphatic heterocycles. The third-order valence-corrected chi connectivity index (χ3v) is 6.02. The topological polar surface area (TPSA) is 114 Å². The number of phenols is 2. The maximum Gasteiger partial charge on any atom is 0.252 e. The number of aryl methyl sites for hydroxylation is 1. The van der Waals surface area contributed by atoms with Gasteiger partial charge in [-0.05, 0) is 42.0 Å². The number of hydrogen-bond donors (Lipinski definition) is 4. The quantitative estimate of drug-likeness (QED) is 0.361. The Morgan fingerprint density at radius 2 is 1.83 bits per heavy atom. The molecule has 3 heterocycles. The van der Waals surface area contributed by atoms with Crippen molar-refractivity contribution in [2.45, 2.75) is 19.5 Å². The molecular weight excluding hydrogens is 380 g/mol. The smallest absolute Gasteiger partial charge is 0.252 e. The Morgan fingerprint density at radius 3 is 2.63 bits per heavy atom. The van der Waals surface area contributed by atoms with E-state index in [2.05, 4.69) is 16.4 Å². The van der Waals surface area contributed by atoms with Crippen LogP contribution >= 0.6 is 0 Å². The van der Waals surface area contributed by atoms with E-state index in [-0.39, 0.29) is 17.4 Å². The van der Waals surface area contributed by atoms with Crippen molar-refractivity contribution < 1.29 is 15.0 Å². The van der Waals surface area contributed by atoms with Crippen LogP contribution in [0.1, 0.15) is 22.3 Å². The highest BCUT2D eigenvalue weighted by molar-refractivity contribution is 6.30. The Hall–Kier alpha value is -4.18. The molecular formula is C23H16N4O3. The van der Waals surface area contributed by atoms with E-state index in [9.17, 15) is 20.3 Å². The number of rotatable bonds is 2. The molecule has 0 saturated carbocycles. The molecule has 1 aliphatic rings. The molecule has 0 aliphatic carbocycles. The summed E-state index contributed by atoms with van der Waals surface area (Å²) in [6, 6.07) is 12.5. The number of benzene rings is 3. The van der Waals surface area contributed by atoms with E-state index >= 15 is 0 Å². The number of nitrogens with one attached hydrogen (secondary N) is 2. The van der Waals surface area contributed by atoms with E-state index in [1.807, 2.05) is 16.7 Å². The predicted octanol–water partition coefficient (Wildman–Crippen LogP) is 4.00. The summed E-state index contributed by atoms with van der Waals surface area (Å²) >= 11 is 0. The molecule has 0 atom stereocenters. The number of nitriles is 1. The van der Waals surface area contributed by atoms with Gasteiger partial charge in [-0.25, -0.2) is 0 Å². The lowest BCUT2D eigenvalue weighted by Gasteiger charge is -2.08. The summed E-state index contributed by atoms with van der Waals surface area (Å²) < 4.78 is 2.04. The third-order valence-electron chi connectivity index (χ3n) is 6.02. The molecule has 2 aromatic heterocycles. The predicted molar refractivity (Wildman–Crippen MR) is 114 cm³/mol. The minimum absolute atomic E-state index is 0.121. The first-order valence-corrected chi connectivity index (χ1v) is 9.68. The number of hydrogen-bond acceptors (Lipinski definition) is 4. The van der Waals surface area contributed by atoms with E-state index in [4.69, 9.17) is 0 Å². The number of amides is 1. The van der Waals surface area contributed by atoms with Gasteiger partial charge in [0.2, 0.25) is 0 Å². The van der Waals surface area contributed by atoms with Gasteiger partial charge in [-0.1, -0.05) is 0 Å². The van der Waals surface area contributed by atoms with Crippen LogP contribution in [0.3, 0.4) is 0 Å². The molecule has 7 nitrogen and oxygen atoms in total.